The summed E-state index contributed by atoms with van der Waals surface area (Å²) in [4.78, 5) is 25.2. The van der Waals surface area contributed by atoms with Crippen molar-refractivity contribution in [3.63, 3.8) is 0 Å². The van der Waals surface area contributed by atoms with Crippen LogP contribution in [0.2, 0.25) is 0 Å². The zero-order chi connectivity index (χ0) is 12.3. The lowest BCUT2D eigenvalue weighted by atomic mass is 9.86. The highest BCUT2D eigenvalue weighted by atomic mass is 16.5. The summed E-state index contributed by atoms with van der Waals surface area (Å²) in [7, 11) is 6.64. The number of quaternary nitrogens is 1. The van der Waals surface area contributed by atoms with E-state index in [-0.39, 0.29) is 17.8 Å². The van der Waals surface area contributed by atoms with E-state index in [0.29, 0.717) is 10.9 Å². The monoisotopic (exact) mass is 228 g/mol. The van der Waals surface area contributed by atoms with Gasteiger partial charge in [0.1, 0.15) is 11.8 Å². The minimum absolute atomic E-state index is 0.153. The molecule has 6 heteroatoms. The Morgan fingerprint density at radius 3 is 2.50 bits per heavy atom. The Labute approximate surface area is 97.2 Å². The second-order valence-electron chi connectivity index (χ2n) is 5.80. The van der Waals surface area contributed by atoms with E-state index in [2.05, 4.69) is 0 Å². The molecule has 1 rings (SSSR count). The largest absolute Gasteiger partial charge is 0.521 e. The molecular formula is C10H21BN2O3. The van der Waals surface area contributed by atoms with Crippen LogP contribution in [-0.2, 0) is 9.53 Å². The second kappa shape index (κ2) is 4.87. The second-order valence-corrected chi connectivity index (χ2v) is 5.80. The summed E-state index contributed by atoms with van der Waals surface area (Å²) in [6.07, 6.45) is 1.64. The number of likely N-dealkylation sites (tertiary alicyclic amines) is 1. The van der Waals surface area contributed by atoms with E-state index in [9.17, 15) is 9.59 Å². The van der Waals surface area contributed by atoms with Crippen LogP contribution in [0.25, 0.3) is 0 Å². The number of amides is 1. The summed E-state index contributed by atoms with van der Waals surface area (Å²) in [5, 5.41) is 0. The standard InChI is InChI=1S/C10H21BN2O3/c1-13(2,3)11-10(15)12-7-5-6-8(12)9(14)16-4/h8H,5-7,11H2,1-4H3. The Bertz CT molecular complexity index is 288. The predicted molar refractivity (Wildman–Crippen MR) is 63.7 cm³/mol. The average molecular weight is 228 g/mol. The van der Waals surface area contributed by atoms with Gasteiger partial charge in [0.05, 0.1) is 7.11 Å². The first-order chi connectivity index (χ1) is 7.35. The first-order valence-corrected chi connectivity index (χ1v) is 5.80. The van der Waals surface area contributed by atoms with Gasteiger partial charge in [-0.05, 0) is 12.8 Å². The number of hydrogen-bond donors (Lipinski definition) is 0. The van der Waals surface area contributed by atoms with Crippen molar-refractivity contribution >= 4 is 19.2 Å². The van der Waals surface area contributed by atoms with Gasteiger partial charge in [0, 0.05) is 27.7 Å². The van der Waals surface area contributed by atoms with Crippen LogP contribution in [0, 0.1) is 0 Å². The van der Waals surface area contributed by atoms with Gasteiger partial charge < -0.3 is 18.8 Å². The Morgan fingerprint density at radius 2 is 2.00 bits per heavy atom. The SMILES string of the molecule is COC(=O)C1CCCN1C(=O)[BH2-][N+](C)(C)C. The number of methoxy groups -OCH3 is 1. The molecule has 1 saturated heterocycles. The zero-order valence-electron chi connectivity index (χ0n) is 10.8. The van der Waals surface area contributed by atoms with Crippen molar-refractivity contribution in [2.24, 2.45) is 0 Å². The first kappa shape index (κ1) is 13.0. The molecule has 1 aliphatic rings. The van der Waals surface area contributed by atoms with Gasteiger partial charge in [-0.1, -0.05) is 0 Å². The molecule has 0 aromatic rings. The molecule has 0 aromatic heterocycles. The van der Waals surface area contributed by atoms with E-state index in [4.69, 9.17) is 4.74 Å². The quantitative estimate of drug-likeness (QED) is 0.484. The summed E-state index contributed by atoms with van der Waals surface area (Å²) < 4.78 is 5.42. The first-order valence-electron chi connectivity index (χ1n) is 5.80. The molecule has 0 aromatic carbocycles. The molecule has 0 N–H and O–H groups in total. The summed E-state index contributed by atoms with van der Waals surface area (Å²) >= 11 is 0. The van der Waals surface area contributed by atoms with Crippen LogP contribution in [-0.4, -0.2) is 69.3 Å². The highest BCUT2D eigenvalue weighted by Crippen LogP contribution is 2.19. The topological polar surface area (TPSA) is 46.6 Å². The van der Waals surface area contributed by atoms with Crippen LogP contribution < -0.4 is 0 Å². The molecule has 16 heavy (non-hydrogen) atoms. The molecule has 0 aliphatic carbocycles. The Hall–Kier alpha value is -1.04. The molecule has 1 amide bonds. The molecule has 1 fully saturated rings. The minimum atomic E-state index is -0.778. The van der Waals surface area contributed by atoms with Gasteiger partial charge in [-0.3, -0.25) is 0 Å². The van der Waals surface area contributed by atoms with Gasteiger partial charge in [-0.2, -0.15) is 0 Å². The van der Waals surface area contributed by atoms with Crippen molar-refractivity contribution in [1.82, 2.24) is 4.90 Å². The van der Waals surface area contributed by atoms with Gasteiger partial charge in [0.15, 0.2) is 0 Å². The molecule has 92 valence electrons. The van der Waals surface area contributed by atoms with Gasteiger partial charge >= 0.3 is 5.97 Å². The number of esters is 1. The Kier molecular flexibility index (Phi) is 3.96. The van der Waals surface area contributed by atoms with Crippen LogP contribution in [0.1, 0.15) is 12.8 Å². The Morgan fingerprint density at radius 1 is 1.38 bits per heavy atom. The number of nitrogens with zero attached hydrogens (tertiary/aromatic N) is 2. The predicted octanol–water partition coefficient (Wildman–Crippen LogP) is -0.466. The highest BCUT2D eigenvalue weighted by molar-refractivity contribution is 6.67. The third-order valence-corrected chi connectivity index (χ3v) is 2.99. The lowest BCUT2D eigenvalue weighted by Gasteiger charge is -2.36. The minimum Gasteiger partial charge on any atom is -0.521 e. The molecule has 1 unspecified atom stereocenters. The lowest BCUT2D eigenvalue weighted by Crippen LogP contribution is -2.51. The zero-order valence-corrected chi connectivity index (χ0v) is 10.8. The van der Waals surface area contributed by atoms with E-state index in [0.717, 1.165) is 12.8 Å². The fourth-order valence-electron chi connectivity index (χ4n) is 2.23. The molecule has 0 radical (unpaired) electrons. The average Bonchev–Trinajstić information content (AvgIpc) is 2.62. The number of ether oxygens (including phenoxy) is 1. The summed E-state index contributed by atoms with van der Waals surface area (Å²) in [5.74, 6) is -0.126. The molecule has 5 nitrogen and oxygen atoms in total. The number of carbonyl (C=O) groups is 2. The normalized spacial score (nSPS) is 21.0. The van der Waals surface area contributed by atoms with Crippen LogP contribution >= 0.6 is 0 Å². The van der Waals surface area contributed by atoms with E-state index in [1.807, 2.05) is 21.1 Å². The molecule has 1 heterocycles. The van der Waals surface area contributed by atoms with Crippen molar-refractivity contribution in [2.45, 2.75) is 18.9 Å². The highest BCUT2D eigenvalue weighted by Gasteiger charge is 2.33. The van der Waals surface area contributed by atoms with Gasteiger partial charge in [0.25, 0.3) is 7.41 Å². The fraction of sp³-hybridized carbons (Fsp3) is 0.800. The molecule has 0 spiro atoms. The third kappa shape index (κ3) is 3.23. The van der Waals surface area contributed by atoms with Crippen LogP contribution in [0.15, 0.2) is 0 Å². The van der Waals surface area contributed by atoms with Crippen molar-refractivity contribution in [2.75, 3.05) is 34.8 Å². The molecule has 0 saturated carbocycles. The number of hydrogen-bond acceptors (Lipinski definition) is 3. The molecular weight excluding hydrogens is 207 g/mol. The number of rotatable bonds is 3. The maximum Gasteiger partial charge on any atom is 0.328 e. The van der Waals surface area contributed by atoms with Gasteiger partial charge in [-0.15, -0.1) is 0 Å². The molecule has 0 bridgehead atoms. The van der Waals surface area contributed by atoms with Gasteiger partial charge in [-0.25, -0.2) is 4.79 Å². The van der Waals surface area contributed by atoms with Gasteiger partial charge in [0.2, 0.25) is 0 Å². The van der Waals surface area contributed by atoms with Crippen molar-refractivity contribution in [1.29, 1.82) is 0 Å². The maximum atomic E-state index is 12.0. The van der Waals surface area contributed by atoms with Crippen LogP contribution in [0.5, 0.6) is 0 Å². The van der Waals surface area contributed by atoms with E-state index in [1.165, 1.54) is 7.11 Å². The maximum absolute atomic E-state index is 12.0. The van der Waals surface area contributed by atoms with Crippen LogP contribution in [0.4, 0.5) is 4.79 Å². The van der Waals surface area contributed by atoms with Crippen LogP contribution in [0.3, 0.4) is 0 Å². The van der Waals surface area contributed by atoms with Crippen molar-refractivity contribution in [3.8, 4) is 0 Å². The Balaban J connectivity index is 2.65. The summed E-state index contributed by atoms with van der Waals surface area (Å²) in [6.45, 7) is 0.697. The molecule has 1 aliphatic heterocycles. The third-order valence-electron chi connectivity index (χ3n) is 2.99. The fourth-order valence-corrected chi connectivity index (χ4v) is 2.23. The lowest BCUT2D eigenvalue weighted by molar-refractivity contribution is -0.753. The number of carbonyl (C=O) groups excluding carboxylic acids is 2. The smallest absolute Gasteiger partial charge is 0.328 e. The van der Waals surface area contributed by atoms with E-state index >= 15 is 0 Å². The molecule has 1 atom stereocenters. The summed E-state index contributed by atoms with van der Waals surface area (Å²) in [5.41, 5.74) is 0. The van der Waals surface area contributed by atoms with E-state index in [1.54, 1.807) is 4.90 Å². The summed E-state index contributed by atoms with van der Waals surface area (Å²) in [6, 6.07) is -0.340. The van der Waals surface area contributed by atoms with Crippen molar-refractivity contribution < 1.29 is 18.7 Å². The van der Waals surface area contributed by atoms with Crippen molar-refractivity contribution in [3.05, 3.63) is 0 Å². The van der Waals surface area contributed by atoms with E-state index < -0.39 is 7.41 Å².